The standard InChI is InChI=1S/C14H27N3O/c1-14(2,3)17-6-4-12(5-7-17)16-13(18)8-11-9-15-10-11/h11-12,15H,4-10H2,1-3H3,(H,16,18). The van der Waals surface area contributed by atoms with Gasteiger partial charge in [-0.25, -0.2) is 0 Å². The molecule has 4 nitrogen and oxygen atoms in total. The van der Waals surface area contributed by atoms with E-state index in [0.717, 1.165) is 39.0 Å². The molecule has 1 amide bonds. The van der Waals surface area contributed by atoms with Gasteiger partial charge in [-0.3, -0.25) is 9.69 Å². The Morgan fingerprint density at radius 1 is 1.28 bits per heavy atom. The van der Waals surface area contributed by atoms with Crippen molar-refractivity contribution >= 4 is 5.91 Å². The third-order valence-electron chi connectivity index (χ3n) is 4.15. The largest absolute Gasteiger partial charge is 0.353 e. The Hall–Kier alpha value is -0.610. The zero-order valence-corrected chi connectivity index (χ0v) is 12.0. The van der Waals surface area contributed by atoms with Crippen molar-refractivity contribution in [1.82, 2.24) is 15.5 Å². The molecule has 2 N–H and O–H groups in total. The van der Waals surface area contributed by atoms with Crippen LogP contribution < -0.4 is 10.6 Å². The van der Waals surface area contributed by atoms with Gasteiger partial charge in [0, 0.05) is 31.1 Å². The second-order valence-electron chi connectivity index (χ2n) is 6.73. The first-order valence-corrected chi connectivity index (χ1v) is 7.20. The van der Waals surface area contributed by atoms with Crippen LogP contribution >= 0.6 is 0 Å². The van der Waals surface area contributed by atoms with Crippen LogP contribution in [0.5, 0.6) is 0 Å². The predicted molar refractivity (Wildman–Crippen MR) is 73.5 cm³/mol. The first-order valence-electron chi connectivity index (χ1n) is 7.20. The molecule has 2 aliphatic heterocycles. The van der Waals surface area contributed by atoms with E-state index < -0.39 is 0 Å². The number of nitrogens with zero attached hydrogens (tertiary/aromatic N) is 1. The summed E-state index contributed by atoms with van der Waals surface area (Å²) in [5.41, 5.74) is 0.257. The van der Waals surface area contributed by atoms with Crippen LogP contribution in [0.25, 0.3) is 0 Å². The minimum absolute atomic E-state index is 0.246. The Bertz CT molecular complexity index is 286. The number of hydrogen-bond donors (Lipinski definition) is 2. The highest BCUT2D eigenvalue weighted by atomic mass is 16.1. The van der Waals surface area contributed by atoms with Gasteiger partial charge < -0.3 is 10.6 Å². The Kier molecular flexibility index (Phi) is 4.28. The number of carbonyl (C=O) groups excluding carboxylic acids is 1. The molecule has 2 heterocycles. The van der Waals surface area contributed by atoms with Crippen LogP contribution in [0, 0.1) is 5.92 Å². The number of nitrogens with one attached hydrogen (secondary N) is 2. The number of carbonyl (C=O) groups is 1. The van der Waals surface area contributed by atoms with E-state index in [1.807, 2.05) is 0 Å². The molecule has 2 saturated heterocycles. The Morgan fingerprint density at radius 3 is 2.33 bits per heavy atom. The molecule has 0 aromatic heterocycles. The molecule has 0 unspecified atom stereocenters. The first-order chi connectivity index (χ1) is 8.45. The van der Waals surface area contributed by atoms with Gasteiger partial charge in [0.2, 0.25) is 5.91 Å². The van der Waals surface area contributed by atoms with Crippen molar-refractivity contribution < 1.29 is 4.79 Å². The zero-order valence-electron chi connectivity index (χ0n) is 12.0. The summed E-state index contributed by atoms with van der Waals surface area (Å²) in [6, 6.07) is 0.393. The molecule has 2 aliphatic rings. The Balaban J connectivity index is 1.68. The molecule has 0 saturated carbocycles. The van der Waals surface area contributed by atoms with Crippen molar-refractivity contribution in [1.29, 1.82) is 0 Å². The maximum Gasteiger partial charge on any atom is 0.220 e. The zero-order chi connectivity index (χ0) is 13.2. The normalized spacial score (nSPS) is 23.7. The van der Waals surface area contributed by atoms with Crippen molar-refractivity contribution in [2.75, 3.05) is 26.2 Å². The van der Waals surface area contributed by atoms with E-state index in [9.17, 15) is 4.79 Å². The van der Waals surface area contributed by atoms with Crippen LogP contribution in [0.3, 0.4) is 0 Å². The fraction of sp³-hybridized carbons (Fsp3) is 0.929. The molecular formula is C14H27N3O. The van der Waals surface area contributed by atoms with E-state index in [2.05, 4.69) is 36.3 Å². The molecule has 0 radical (unpaired) electrons. The van der Waals surface area contributed by atoms with Gasteiger partial charge in [-0.1, -0.05) is 0 Å². The molecule has 2 fully saturated rings. The van der Waals surface area contributed by atoms with Crippen molar-refractivity contribution in [3.63, 3.8) is 0 Å². The van der Waals surface area contributed by atoms with E-state index in [1.165, 1.54) is 0 Å². The molecule has 104 valence electrons. The minimum Gasteiger partial charge on any atom is -0.353 e. The number of hydrogen-bond acceptors (Lipinski definition) is 3. The Morgan fingerprint density at radius 2 is 1.89 bits per heavy atom. The highest BCUT2D eigenvalue weighted by Crippen LogP contribution is 2.20. The van der Waals surface area contributed by atoms with Crippen molar-refractivity contribution in [2.45, 2.75) is 51.6 Å². The lowest BCUT2D eigenvalue weighted by molar-refractivity contribution is -0.123. The average Bonchev–Trinajstić information content (AvgIpc) is 2.23. The Labute approximate surface area is 110 Å². The van der Waals surface area contributed by atoms with Crippen LogP contribution in [-0.4, -0.2) is 48.6 Å². The second kappa shape index (κ2) is 5.57. The van der Waals surface area contributed by atoms with Crippen LogP contribution in [-0.2, 0) is 4.79 Å². The topological polar surface area (TPSA) is 44.4 Å². The summed E-state index contributed by atoms with van der Waals surface area (Å²) < 4.78 is 0. The molecule has 18 heavy (non-hydrogen) atoms. The summed E-state index contributed by atoms with van der Waals surface area (Å²) in [6.07, 6.45) is 2.88. The molecule has 0 spiro atoms. The molecule has 0 bridgehead atoms. The fourth-order valence-corrected chi connectivity index (χ4v) is 2.74. The summed E-state index contributed by atoms with van der Waals surface area (Å²) in [5.74, 6) is 0.815. The number of piperidine rings is 1. The molecule has 0 aromatic carbocycles. The predicted octanol–water partition coefficient (Wildman–Crippen LogP) is 0.975. The minimum atomic E-state index is 0.246. The summed E-state index contributed by atoms with van der Waals surface area (Å²) in [7, 11) is 0. The van der Waals surface area contributed by atoms with E-state index in [-0.39, 0.29) is 11.4 Å². The lowest BCUT2D eigenvalue weighted by Gasteiger charge is -2.41. The van der Waals surface area contributed by atoms with Gasteiger partial charge in [-0.05, 0) is 52.6 Å². The third-order valence-corrected chi connectivity index (χ3v) is 4.15. The van der Waals surface area contributed by atoms with E-state index >= 15 is 0 Å². The SMILES string of the molecule is CC(C)(C)N1CCC(NC(=O)CC2CNC2)CC1. The molecular weight excluding hydrogens is 226 g/mol. The fourth-order valence-electron chi connectivity index (χ4n) is 2.74. The monoisotopic (exact) mass is 253 g/mol. The van der Waals surface area contributed by atoms with Gasteiger partial charge in [-0.15, -0.1) is 0 Å². The highest BCUT2D eigenvalue weighted by Gasteiger charge is 2.28. The lowest BCUT2D eigenvalue weighted by Crippen LogP contribution is -2.51. The van der Waals surface area contributed by atoms with Gasteiger partial charge in [0.15, 0.2) is 0 Å². The van der Waals surface area contributed by atoms with Gasteiger partial charge in [0.05, 0.1) is 0 Å². The van der Waals surface area contributed by atoms with E-state index in [4.69, 9.17) is 0 Å². The van der Waals surface area contributed by atoms with Gasteiger partial charge >= 0.3 is 0 Å². The van der Waals surface area contributed by atoms with Crippen molar-refractivity contribution in [3.8, 4) is 0 Å². The van der Waals surface area contributed by atoms with Crippen LogP contribution in [0.15, 0.2) is 0 Å². The quantitative estimate of drug-likeness (QED) is 0.788. The van der Waals surface area contributed by atoms with E-state index in [1.54, 1.807) is 0 Å². The van der Waals surface area contributed by atoms with Crippen LogP contribution in [0.2, 0.25) is 0 Å². The summed E-state index contributed by atoms with van der Waals surface area (Å²) in [4.78, 5) is 14.3. The van der Waals surface area contributed by atoms with Crippen molar-refractivity contribution in [2.24, 2.45) is 5.92 Å². The van der Waals surface area contributed by atoms with Gasteiger partial charge in [-0.2, -0.15) is 0 Å². The van der Waals surface area contributed by atoms with E-state index in [0.29, 0.717) is 18.4 Å². The lowest BCUT2D eigenvalue weighted by atomic mass is 9.96. The van der Waals surface area contributed by atoms with Gasteiger partial charge in [0.25, 0.3) is 0 Å². The third kappa shape index (κ3) is 3.69. The van der Waals surface area contributed by atoms with Gasteiger partial charge in [0.1, 0.15) is 0 Å². The summed E-state index contributed by atoms with van der Waals surface area (Å²) in [6.45, 7) is 11.0. The molecule has 0 aromatic rings. The number of rotatable bonds is 3. The van der Waals surface area contributed by atoms with Crippen LogP contribution in [0.4, 0.5) is 0 Å². The number of amides is 1. The first kappa shape index (κ1) is 13.8. The van der Waals surface area contributed by atoms with Crippen LogP contribution in [0.1, 0.15) is 40.0 Å². The molecule has 0 atom stereocenters. The molecule has 2 rings (SSSR count). The highest BCUT2D eigenvalue weighted by molar-refractivity contribution is 5.76. The second-order valence-corrected chi connectivity index (χ2v) is 6.73. The average molecular weight is 253 g/mol. The summed E-state index contributed by atoms with van der Waals surface area (Å²) >= 11 is 0. The maximum absolute atomic E-state index is 11.8. The smallest absolute Gasteiger partial charge is 0.220 e. The van der Waals surface area contributed by atoms with Crippen molar-refractivity contribution in [3.05, 3.63) is 0 Å². The number of likely N-dealkylation sites (tertiary alicyclic amines) is 1. The molecule has 4 heteroatoms. The summed E-state index contributed by atoms with van der Waals surface area (Å²) in [5, 5.41) is 6.40. The maximum atomic E-state index is 11.8. The molecule has 0 aliphatic carbocycles.